The van der Waals surface area contributed by atoms with E-state index < -0.39 is 0 Å². The molecule has 1 aromatic heterocycles. The van der Waals surface area contributed by atoms with E-state index >= 15 is 0 Å². The van der Waals surface area contributed by atoms with Gasteiger partial charge in [-0.25, -0.2) is 0 Å². The highest BCUT2D eigenvalue weighted by Crippen LogP contribution is 2.10. The number of rotatable bonds is 7. The van der Waals surface area contributed by atoms with Gasteiger partial charge < -0.3 is 19.9 Å². The highest BCUT2D eigenvalue weighted by Gasteiger charge is 2.30. The molecule has 0 aromatic carbocycles. The summed E-state index contributed by atoms with van der Waals surface area (Å²) in [5.74, 6) is 0.230. The molecular weight excluding hydrogens is 330 g/mol. The summed E-state index contributed by atoms with van der Waals surface area (Å²) in [5, 5.41) is 4.51. The molecule has 1 saturated heterocycles. The fraction of sp³-hybridized carbons (Fsp3) is 0.733. The van der Waals surface area contributed by atoms with E-state index in [2.05, 4.69) is 5.10 Å². The summed E-state index contributed by atoms with van der Waals surface area (Å²) in [4.78, 5) is 24.2. The normalized spacial score (nSPS) is 20.8. The Labute approximate surface area is 146 Å². The van der Waals surface area contributed by atoms with Gasteiger partial charge in [0.15, 0.2) is 6.67 Å². The largest absolute Gasteiger partial charge is 0.466 e. The number of esters is 1. The molecule has 9 heteroatoms. The third-order valence-electron chi connectivity index (χ3n) is 4.34. The number of hydrogen-bond acceptors (Lipinski definition) is 5. The highest BCUT2D eigenvalue weighted by molar-refractivity contribution is 7.71. The lowest BCUT2D eigenvalue weighted by molar-refractivity contribution is -0.930. The molecule has 3 N–H and O–H groups in total. The lowest BCUT2D eigenvalue weighted by Crippen LogP contribution is -3.13. The van der Waals surface area contributed by atoms with Crippen LogP contribution in [0.15, 0.2) is 0 Å². The lowest BCUT2D eigenvalue weighted by Gasteiger charge is -2.28. The summed E-state index contributed by atoms with van der Waals surface area (Å²) in [6.07, 6.45) is 2.58. The van der Waals surface area contributed by atoms with Crippen LogP contribution in [0, 0.1) is 10.7 Å². The summed E-state index contributed by atoms with van der Waals surface area (Å²) in [6, 6.07) is 0. The quantitative estimate of drug-likeness (QED) is 0.492. The summed E-state index contributed by atoms with van der Waals surface area (Å²) in [6.45, 7) is 4.56. The predicted molar refractivity (Wildman–Crippen MR) is 89.6 cm³/mol. The van der Waals surface area contributed by atoms with Crippen molar-refractivity contribution in [1.29, 1.82) is 0 Å². The number of piperidine rings is 1. The number of nitrogens with two attached hydrogens (primary N) is 1. The van der Waals surface area contributed by atoms with Crippen LogP contribution < -0.4 is 10.6 Å². The van der Waals surface area contributed by atoms with Crippen LogP contribution in [-0.2, 0) is 34.5 Å². The molecular formula is C15H26N5O3S+. The van der Waals surface area contributed by atoms with Gasteiger partial charge in [0.2, 0.25) is 10.7 Å². The van der Waals surface area contributed by atoms with Gasteiger partial charge in [-0.3, -0.25) is 9.59 Å². The number of carbonyl (C=O) groups excluding carboxylic acids is 2. The van der Waals surface area contributed by atoms with Gasteiger partial charge in [0, 0.05) is 19.9 Å². The van der Waals surface area contributed by atoms with E-state index in [1.165, 1.54) is 4.90 Å². The number of likely N-dealkylation sites (tertiary alicyclic amines) is 1. The maximum atomic E-state index is 11.9. The Bertz CT molecular complexity index is 654. The van der Waals surface area contributed by atoms with Crippen LogP contribution in [0.4, 0.5) is 0 Å². The fourth-order valence-electron chi connectivity index (χ4n) is 3.06. The minimum atomic E-state index is -0.352. The van der Waals surface area contributed by atoms with Gasteiger partial charge in [0.05, 0.1) is 19.7 Å². The number of nitrogens with zero attached hydrogens (tertiary/aromatic N) is 3. The van der Waals surface area contributed by atoms with Crippen molar-refractivity contribution in [3.05, 3.63) is 10.6 Å². The van der Waals surface area contributed by atoms with Gasteiger partial charge in [0.25, 0.3) is 0 Å². The van der Waals surface area contributed by atoms with Gasteiger partial charge in [0.1, 0.15) is 11.7 Å². The lowest BCUT2D eigenvalue weighted by atomic mass is 9.99. The van der Waals surface area contributed by atoms with Crippen LogP contribution in [0.1, 0.15) is 32.0 Å². The molecule has 1 unspecified atom stereocenters. The molecule has 0 spiro atoms. The standard InChI is InChI=1S/C15H25N5O3S/c1-3-23-14(22)11-5-4-8-19(9-11)10-20-15(24)18(2)13(17-20)7-6-12(16)21/h11H,3-10H2,1-2H3,(H2,16,21)/p+1/t11-/m0/s1. The summed E-state index contributed by atoms with van der Waals surface area (Å²) in [5.41, 5.74) is 5.20. The maximum absolute atomic E-state index is 11.9. The molecule has 2 atom stereocenters. The van der Waals surface area contributed by atoms with E-state index in [-0.39, 0.29) is 24.2 Å². The molecule has 1 amide bonds. The SMILES string of the molecule is CCOC(=O)[C@H]1CCC[NH+](Cn2nc(CCC(N)=O)n(C)c2=S)C1. The summed E-state index contributed by atoms with van der Waals surface area (Å²) in [7, 11) is 1.84. The first kappa shape index (κ1) is 18.6. The van der Waals surface area contributed by atoms with Crippen molar-refractivity contribution in [2.24, 2.45) is 18.7 Å². The van der Waals surface area contributed by atoms with Crippen LogP contribution in [0.5, 0.6) is 0 Å². The van der Waals surface area contributed by atoms with Gasteiger partial charge >= 0.3 is 5.97 Å². The molecule has 134 valence electrons. The third kappa shape index (κ3) is 4.64. The summed E-state index contributed by atoms with van der Waals surface area (Å²) < 4.78 is 9.33. The van der Waals surface area contributed by atoms with Crippen LogP contribution in [0.25, 0.3) is 0 Å². The van der Waals surface area contributed by atoms with Crippen molar-refractivity contribution in [2.45, 2.75) is 39.3 Å². The number of quaternary nitrogens is 1. The van der Waals surface area contributed by atoms with Crippen molar-refractivity contribution in [1.82, 2.24) is 14.3 Å². The number of carbonyl (C=O) groups is 2. The molecule has 2 rings (SSSR count). The van der Waals surface area contributed by atoms with Crippen molar-refractivity contribution >= 4 is 24.1 Å². The second kappa shape index (κ2) is 8.39. The zero-order chi connectivity index (χ0) is 17.7. The number of nitrogens with one attached hydrogen (secondary N) is 1. The molecule has 2 heterocycles. The first-order chi connectivity index (χ1) is 11.4. The van der Waals surface area contributed by atoms with Gasteiger partial charge in [-0.1, -0.05) is 0 Å². The number of aryl methyl sites for hydroxylation is 1. The van der Waals surface area contributed by atoms with Crippen LogP contribution in [0.2, 0.25) is 0 Å². The van der Waals surface area contributed by atoms with Crippen molar-refractivity contribution in [3.8, 4) is 0 Å². The van der Waals surface area contributed by atoms with Crippen LogP contribution in [0.3, 0.4) is 0 Å². The molecule has 0 aliphatic carbocycles. The van der Waals surface area contributed by atoms with E-state index in [0.29, 0.717) is 24.5 Å². The number of hydrogen-bond donors (Lipinski definition) is 2. The van der Waals surface area contributed by atoms with Crippen molar-refractivity contribution in [3.63, 3.8) is 0 Å². The Hall–Kier alpha value is -1.74. The maximum Gasteiger partial charge on any atom is 0.314 e. The number of ether oxygens (including phenoxy) is 1. The number of amides is 1. The highest BCUT2D eigenvalue weighted by atomic mass is 32.1. The predicted octanol–water partition coefficient (Wildman–Crippen LogP) is -0.816. The van der Waals surface area contributed by atoms with Crippen molar-refractivity contribution < 1.29 is 19.2 Å². The monoisotopic (exact) mass is 356 g/mol. The number of primary amides is 1. The molecule has 8 nitrogen and oxygen atoms in total. The minimum Gasteiger partial charge on any atom is -0.466 e. The van der Waals surface area contributed by atoms with Gasteiger partial charge in [-0.2, -0.15) is 9.78 Å². The Morgan fingerprint density at radius 3 is 2.92 bits per heavy atom. The van der Waals surface area contributed by atoms with E-state index in [4.69, 9.17) is 22.7 Å². The summed E-state index contributed by atoms with van der Waals surface area (Å²) >= 11 is 5.43. The molecule has 1 fully saturated rings. The Kier molecular flexibility index (Phi) is 6.50. The topological polar surface area (TPSA) is 96.6 Å². The second-order valence-electron chi connectivity index (χ2n) is 6.18. The van der Waals surface area contributed by atoms with E-state index in [1.54, 1.807) is 4.68 Å². The molecule has 0 radical (unpaired) electrons. The third-order valence-corrected chi connectivity index (χ3v) is 4.82. The van der Waals surface area contributed by atoms with Gasteiger partial charge in [-0.15, -0.1) is 0 Å². The van der Waals surface area contributed by atoms with E-state index in [0.717, 1.165) is 31.8 Å². The number of aromatic nitrogens is 3. The first-order valence-electron chi connectivity index (χ1n) is 8.33. The Balaban J connectivity index is 2.02. The van der Waals surface area contributed by atoms with E-state index in [1.807, 2.05) is 18.5 Å². The average Bonchev–Trinajstić information content (AvgIpc) is 2.81. The molecule has 24 heavy (non-hydrogen) atoms. The first-order valence-corrected chi connectivity index (χ1v) is 8.74. The molecule has 1 aliphatic heterocycles. The minimum absolute atomic E-state index is 0.0547. The van der Waals surface area contributed by atoms with E-state index in [9.17, 15) is 9.59 Å². The van der Waals surface area contributed by atoms with Gasteiger partial charge in [-0.05, 0) is 32.0 Å². The van der Waals surface area contributed by atoms with Crippen LogP contribution >= 0.6 is 12.2 Å². The fourth-order valence-corrected chi connectivity index (χ4v) is 3.27. The Morgan fingerprint density at radius 2 is 2.25 bits per heavy atom. The molecule has 0 saturated carbocycles. The second-order valence-corrected chi connectivity index (χ2v) is 6.54. The molecule has 1 aromatic rings. The zero-order valence-corrected chi connectivity index (χ0v) is 15.1. The average molecular weight is 356 g/mol. The zero-order valence-electron chi connectivity index (χ0n) is 14.3. The Morgan fingerprint density at radius 1 is 1.50 bits per heavy atom. The van der Waals surface area contributed by atoms with Crippen molar-refractivity contribution in [2.75, 3.05) is 19.7 Å². The van der Waals surface area contributed by atoms with Crippen LogP contribution in [-0.4, -0.2) is 45.9 Å². The smallest absolute Gasteiger partial charge is 0.314 e. The molecule has 0 bridgehead atoms. The molecule has 1 aliphatic rings.